The Bertz CT molecular complexity index is 593. The molecule has 0 radical (unpaired) electrons. The molecule has 124 valence electrons. The van der Waals surface area contributed by atoms with Crippen LogP contribution in [0.25, 0.3) is 0 Å². The van der Waals surface area contributed by atoms with Crippen LogP contribution in [0.15, 0.2) is 24.3 Å². The first-order chi connectivity index (χ1) is 10.3. The molecular weight excluding hydrogens is 298 g/mol. The van der Waals surface area contributed by atoms with Crippen molar-refractivity contribution in [3.63, 3.8) is 0 Å². The summed E-state index contributed by atoms with van der Waals surface area (Å²) >= 11 is 0. The topological polar surface area (TPSA) is 46.6 Å². The summed E-state index contributed by atoms with van der Waals surface area (Å²) in [6.07, 6.45) is 1.39. The smallest absolute Gasteiger partial charge is 0.214 e. The van der Waals surface area contributed by atoms with E-state index >= 15 is 0 Å². The molecule has 1 heterocycles. The highest BCUT2D eigenvalue weighted by atomic mass is 32.2. The summed E-state index contributed by atoms with van der Waals surface area (Å²) in [5, 5.41) is 0. The monoisotopic (exact) mass is 325 g/mol. The van der Waals surface area contributed by atoms with Crippen molar-refractivity contribution in [2.75, 3.05) is 18.9 Å². The fourth-order valence-corrected chi connectivity index (χ4v) is 4.78. The van der Waals surface area contributed by atoms with Crippen molar-refractivity contribution < 1.29 is 13.2 Å². The highest BCUT2D eigenvalue weighted by molar-refractivity contribution is 7.89. The molecule has 4 nitrogen and oxygen atoms in total. The first-order valence-electron chi connectivity index (χ1n) is 7.95. The Kier molecular flexibility index (Phi) is 5.30. The molecule has 0 saturated carbocycles. The Labute approximate surface area is 134 Å². The van der Waals surface area contributed by atoms with Crippen LogP contribution in [0, 0.1) is 6.92 Å². The molecule has 1 saturated heterocycles. The van der Waals surface area contributed by atoms with Crippen LogP contribution in [0.4, 0.5) is 0 Å². The molecule has 1 aliphatic heterocycles. The van der Waals surface area contributed by atoms with E-state index in [0.29, 0.717) is 19.6 Å². The van der Waals surface area contributed by atoms with Crippen molar-refractivity contribution in [3.8, 4) is 0 Å². The lowest BCUT2D eigenvalue weighted by molar-refractivity contribution is -0.0655. The average Bonchev–Trinajstić information content (AvgIpc) is 2.46. The van der Waals surface area contributed by atoms with Gasteiger partial charge in [-0.2, -0.15) is 4.31 Å². The van der Waals surface area contributed by atoms with E-state index in [4.69, 9.17) is 4.74 Å². The lowest BCUT2D eigenvalue weighted by atomic mass is 10.0. The van der Waals surface area contributed by atoms with Crippen molar-refractivity contribution >= 4 is 10.0 Å². The van der Waals surface area contributed by atoms with Crippen LogP contribution in [-0.2, 0) is 14.8 Å². The van der Waals surface area contributed by atoms with Gasteiger partial charge in [0.1, 0.15) is 0 Å². The van der Waals surface area contributed by atoms with E-state index in [1.165, 1.54) is 5.56 Å². The van der Waals surface area contributed by atoms with Gasteiger partial charge in [0.05, 0.1) is 24.0 Å². The maximum Gasteiger partial charge on any atom is 0.214 e. The van der Waals surface area contributed by atoms with Gasteiger partial charge in [0.15, 0.2) is 0 Å². The molecule has 2 rings (SSSR count). The second-order valence-electron chi connectivity index (χ2n) is 6.72. The Hall–Kier alpha value is -0.910. The van der Waals surface area contributed by atoms with Gasteiger partial charge >= 0.3 is 0 Å². The molecule has 5 heteroatoms. The lowest BCUT2D eigenvalue weighted by Crippen LogP contribution is -2.56. The molecule has 1 aliphatic rings. The van der Waals surface area contributed by atoms with Crippen molar-refractivity contribution in [2.45, 2.75) is 52.2 Å². The largest absolute Gasteiger partial charge is 0.370 e. The minimum Gasteiger partial charge on any atom is -0.370 e. The molecule has 0 N–H and O–H groups in total. The Morgan fingerprint density at radius 3 is 2.50 bits per heavy atom. The third kappa shape index (κ3) is 3.89. The standard InChI is InChI=1S/C17H27NO3S/c1-5-6-11-22(19,20)18-12-16(21-13-17(18,3)4)15-9-7-14(2)8-10-15/h7-10,16H,5-6,11-13H2,1-4H3. The second-order valence-corrected chi connectivity index (χ2v) is 8.74. The van der Waals surface area contributed by atoms with Gasteiger partial charge < -0.3 is 4.74 Å². The predicted octanol–water partition coefficient (Wildman–Crippen LogP) is 3.28. The molecule has 1 aromatic carbocycles. The summed E-state index contributed by atoms with van der Waals surface area (Å²) in [6, 6.07) is 8.12. The predicted molar refractivity (Wildman–Crippen MR) is 89.4 cm³/mol. The fourth-order valence-electron chi connectivity index (χ4n) is 2.74. The minimum absolute atomic E-state index is 0.190. The van der Waals surface area contributed by atoms with Crippen LogP contribution in [-0.4, -0.2) is 37.2 Å². The zero-order valence-corrected chi connectivity index (χ0v) is 14.8. The number of rotatable bonds is 5. The van der Waals surface area contributed by atoms with Crippen LogP contribution < -0.4 is 0 Å². The molecule has 0 aromatic heterocycles. The Balaban J connectivity index is 2.22. The second kappa shape index (κ2) is 6.69. The van der Waals surface area contributed by atoms with Gasteiger partial charge in [0.25, 0.3) is 0 Å². The Morgan fingerprint density at radius 2 is 1.91 bits per heavy atom. The molecule has 22 heavy (non-hydrogen) atoms. The fraction of sp³-hybridized carbons (Fsp3) is 0.647. The molecule has 0 spiro atoms. The molecule has 0 aliphatic carbocycles. The molecule has 1 unspecified atom stereocenters. The number of hydrogen-bond donors (Lipinski definition) is 0. The van der Waals surface area contributed by atoms with Crippen molar-refractivity contribution in [1.29, 1.82) is 0 Å². The SMILES string of the molecule is CCCCS(=O)(=O)N1CC(c2ccc(C)cc2)OCC1(C)C. The normalized spacial score (nSPS) is 22.6. The third-order valence-electron chi connectivity index (χ3n) is 4.19. The lowest BCUT2D eigenvalue weighted by Gasteiger charge is -2.44. The van der Waals surface area contributed by atoms with E-state index < -0.39 is 15.6 Å². The van der Waals surface area contributed by atoms with E-state index in [9.17, 15) is 8.42 Å². The van der Waals surface area contributed by atoms with Gasteiger partial charge in [-0.05, 0) is 32.8 Å². The van der Waals surface area contributed by atoms with Gasteiger partial charge in [-0.3, -0.25) is 0 Å². The van der Waals surface area contributed by atoms with Crippen molar-refractivity contribution in [1.82, 2.24) is 4.31 Å². The van der Waals surface area contributed by atoms with Gasteiger partial charge in [0.2, 0.25) is 10.0 Å². The summed E-state index contributed by atoms with van der Waals surface area (Å²) in [5.41, 5.74) is 1.73. The van der Waals surface area contributed by atoms with Crippen molar-refractivity contribution in [3.05, 3.63) is 35.4 Å². The van der Waals surface area contributed by atoms with E-state index in [1.807, 2.05) is 52.0 Å². The van der Waals surface area contributed by atoms with Gasteiger partial charge in [-0.1, -0.05) is 43.2 Å². The molecule has 1 atom stereocenters. The number of sulfonamides is 1. The van der Waals surface area contributed by atoms with E-state index in [1.54, 1.807) is 4.31 Å². The summed E-state index contributed by atoms with van der Waals surface area (Å²) in [6.45, 7) is 8.72. The molecule has 1 aromatic rings. The van der Waals surface area contributed by atoms with E-state index in [0.717, 1.165) is 12.0 Å². The molecular formula is C17H27NO3S. The number of aryl methyl sites for hydroxylation is 1. The summed E-state index contributed by atoms with van der Waals surface area (Å²) in [5.74, 6) is 0.216. The number of hydrogen-bond acceptors (Lipinski definition) is 3. The quantitative estimate of drug-likeness (QED) is 0.834. The summed E-state index contributed by atoms with van der Waals surface area (Å²) in [4.78, 5) is 0. The average molecular weight is 325 g/mol. The number of unbranched alkanes of at least 4 members (excludes halogenated alkanes) is 1. The zero-order valence-electron chi connectivity index (χ0n) is 14.0. The van der Waals surface area contributed by atoms with Gasteiger partial charge in [-0.25, -0.2) is 8.42 Å². The van der Waals surface area contributed by atoms with Crippen LogP contribution in [0.1, 0.15) is 50.8 Å². The molecule has 0 bridgehead atoms. The maximum atomic E-state index is 12.7. The van der Waals surface area contributed by atoms with E-state index in [2.05, 4.69) is 0 Å². The van der Waals surface area contributed by atoms with Crippen LogP contribution in [0.5, 0.6) is 0 Å². The van der Waals surface area contributed by atoms with Crippen LogP contribution in [0.3, 0.4) is 0 Å². The number of ether oxygens (including phenoxy) is 1. The first-order valence-corrected chi connectivity index (χ1v) is 9.56. The van der Waals surface area contributed by atoms with E-state index in [-0.39, 0.29) is 11.9 Å². The number of benzene rings is 1. The Morgan fingerprint density at radius 1 is 1.27 bits per heavy atom. The zero-order chi connectivity index (χ0) is 16.4. The summed E-state index contributed by atoms with van der Waals surface area (Å²) < 4.78 is 32.9. The van der Waals surface area contributed by atoms with Gasteiger partial charge in [0, 0.05) is 6.54 Å². The maximum absolute atomic E-state index is 12.7. The van der Waals surface area contributed by atoms with Gasteiger partial charge in [-0.15, -0.1) is 0 Å². The number of nitrogens with zero attached hydrogens (tertiary/aromatic N) is 1. The molecule has 0 amide bonds. The first kappa shape index (κ1) is 17.4. The summed E-state index contributed by atoms with van der Waals surface area (Å²) in [7, 11) is -3.25. The molecule has 1 fully saturated rings. The highest BCUT2D eigenvalue weighted by Gasteiger charge is 2.42. The number of morpholine rings is 1. The van der Waals surface area contributed by atoms with Crippen LogP contribution in [0.2, 0.25) is 0 Å². The van der Waals surface area contributed by atoms with Crippen molar-refractivity contribution in [2.24, 2.45) is 0 Å². The van der Waals surface area contributed by atoms with Crippen LogP contribution >= 0.6 is 0 Å². The highest BCUT2D eigenvalue weighted by Crippen LogP contribution is 2.32. The minimum atomic E-state index is -3.25. The third-order valence-corrected chi connectivity index (χ3v) is 6.30.